The van der Waals surface area contributed by atoms with Crippen molar-refractivity contribution in [2.24, 2.45) is 0 Å². The van der Waals surface area contributed by atoms with E-state index in [0.29, 0.717) is 24.0 Å². The van der Waals surface area contributed by atoms with Crippen molar-refractivity contribution in [2.45, 2.75) is 18.1 Å². The summed E-state index contributed by atoms with van der Waals surface area (Å²) in [4.78, 5) is 13.7. The van der Waals surface area contributed by atoms with E-state index in [1.165, 1.54) is 4.90 Å². The molecular weight excluding hydrogens is 362 g/mol. The van der Waals surface area contributed by atoms with Gasteiger partial charge in [-0.25, -0.2) is 0 Å². The number of nitrogens with zero attached hydrogens (tertiary/aromatic N) is 5. The van der Waals surface area contributed by atoms with Gasteiger partial charge in [-0.05, 0) is 24.3 Å². The summed E-state index contributed by atoms with van der Waals surface area (Å²) in [5.41, 5.74) is 0.736. The molecular formula is C16H14ClN5O2S. The van der Waals surface area contributed by atoms with Gasteiger partial charge in [0.2, 0.25) is 11.8 Å². The van der Waals surface area contributed by atoms with E-state index in [1.807, 2.05) is 12.1 Å². The Bertz CT molecular complexity index is 776. The van der Waals surface area contributed by atoms with Crippen LogP contribution >= 0.6 is 23.4 Å². The minimum absolute atomic E-state index is 0.0963. The molecule has 0 bridgehead atoms. The molecule has 0 unspecified atom stereocenters. The molecule has 2 rings (SSSR count). The van der Waals surface area contributed by atoms with E-state index in [2.05, 4.69) is 10.2 Å². The molecule has 0 aliphatic heterocycles. The van der Waals surface area contributed by atoms with E-state index in [4.69, 9.17) is 26.5 Å². The van der Waals surface area contributed by atoms with Gasteiger partial charge in [-0.15, -0.1) is 10.2 Å². The van der Waals surface area contributed by atoms with Crippen LogP contribution in [0.25, 0.3) is 11.5 Å². The predicted molar refractivity (Wildman–Crippen MR) is 92.5 cm³/mol. The second-order valence-electron chi connectivity index (χ2n) is 4.87. The Morgan fingerprint density at radius 2 is 1.80 bits per heavy atom. The largest absolute Gasteiger partial charge is 0.411 e. The summed E-state index contributed by atoms with van der Waals surface area (Å²) in [6.07, 6.45) is 0.451. The number of carbonyl (C=O) groups excluding carboxylic acids is 1. The maximum atomic E-state index is 12.2. The van der Waals surface area contributed by atoms with Gasteiger partial charge in [0.25, 0.3) is 5.22 Å². The Morgan fingerprint density at radius 1 is 1.16 bits per heavy atom. The Kier molecular flexibility index (Phi) is 7.27. The van der Waals surface area contributed by atoms with Crippen molar-refractivity contribution in [3.8, 4) is 23.6 Å². The zero-order valence-corrected chi connectivity index (χ0v) is 14.8. The maximum absolute atomic E-state index is 12.2. The molecule has 9 heteroatoms. The van der Waals surface area contributed by atoms with Gasteiger partial charge in [-0.1, -0.05) is 23.4 Å². The molecule has 0 atom stereocenters. The van der Waals surface area contributed by atoms with Gasteiger partial charge in [0, 0.05) is 23.7 Å². The van der Waals surface area contributed by atoms with E-state index in [0.717, 1.165) is 17.3 Å². The number of thioether (sulfide) groups is 1. The average Bonchev–Trinajstić information content (AvgIpc) is 3.09. The maximum Gasteiger partial charge on any atom is 0.277 e. The fourth-order valence-electron chi connectivity index (χ4n) is 1.92. The van der Waals surface area contributed by atoms with Gasteiger partial charge >= 0.3 is 0 Å². The van der Waals surface area contributed by atoms with E-state index in [1.54, 1.807) is 24.3 Å². The molecule has 0 N–H and O–H groups in total. The van der Waals surface area contributed by atoms with Gasteiger partial charge in [-0.3, -0.25) is 4.79 Å². The minimum Gasteiger partial charge on any atom is -0.411 e. The summed E-state index contributed by atoms with van der Waals surface area (Å²) in [5, 5.41) is 26.1. The van der Waals surface area contributed by atoms with Crippen LogP contribution in [0.4, 0.5) is 0 Å². The van der Waals surface area contributed by atoms with Crippen molar-refractivity contribution in [1.29, 1.82) is 10.5 Å². The molecule has 0 saturated carbocycles. The first-order chi connectivity index (χ1) is 12.1. The summed E-state index contributed by atoms with van der Waals surface area (Å²) in [6.45, 7) is 0.606. The van der Waals surface area contributed by atoms with Gasteiger partial charge in [0.05, 0.1) is 30.7 Å². The first-order valence-electron chi connectivity index (χ1n) is 7.38. The van der Waals surface area contributed by atoms with Crippen LogP contribution in [0.5, 0.6) is 0 Å². The van der Waals surface area contributed by atoms with E-state index in [9.17, 15) is 4.79 Å². The SMILES string of the molecule is N#CCCN(CCC#N)C(=O)CSc1nnc(-c2ccc(Cl)cc2)o1. The predicted octanol–water partition coefficient (Wildman–Crippen LogP) is 3.14. The molecule has 25 heavy (non-hydrogen) atoms. The number of aromatic nitrogens is 2. The standard InChI is InChI=1S/C16H14ClN5O2S/c17-13-5-3-12(4-6-13)15-20-21-16(24-15)25-11-14(23)22(9-1-7-18)10-2-8-19/h3-6H,1-2,9-11H2. The van der Waals surface area contributed by atoms with Crippen molar-refractivity contribution in [1.82, 2.24) is 15.1 Å². The van der Waals surface area contributed by atoms with Crippen molar-refractivity contribution >= 4 is 29.3 Å². The molecule has 0 fully saturated rings. The number of carbonyl (C=O) groups is 1. The van der Waals surface area contributed by atoms with Gasteiger partial charge in [0.1, 0.15) is 0 Å². The molecule has 0 saturated heterocycles. The highest BCUT2D eigenvalue weighted by atomic mass is 35.5. The first-order valence-corrected chi connectivity index (χ1v) is 8.74. The average molecular weight is 376 g/mol. The summed E-state index contributed by atoms with van der Waals surface area (Å²) >= 11 is 6.96. The zero-order valence-electron chi connectivity index (χ0n) is 13.2. The molecule has 7 nitrogen and oxygen atoms in total. The summed E-state index contributed by atoms with van der Waals surface area (Å²) < 4.78 is 5.52. The lowest BCUT2D eigenvalue weighted by Gasteiger charge is -2.19. The Hall–Kier alpha value is -2.55. The molecule has 0 spiro atoms. The van der Waals surface area contributed by atoms with Crippen LogP contribution < -0.4 is 0 Å². The van der Waals surface area contributed by atoms with Gasteiger partial charge < -0.3 is 9.32 Å². The minimum atomic E-state index is -0.179. The van der Waals surface area contributed by atoms with Crippen LogP contribution in [-0.4, -0.2) is 39.8 Å². The Morgan fingerprint density at radius 3 is 2.40 bits per heavy atom. The van der Waals surface area contributed by atoms with Crippen molar-refractivity contribution in [3.63, 3.8) is 0 Å². The fourth-order valence-corrected chi connectivity index (χ4v) is 2.72. The molecule has 128 valence electrons. The zero-order chi connectivity index (χ0) is 18.1. The number of benzene rings is 1. The highest BCUT2D eigenvalue weighted by Gasteiger charge is 2.16. The molecule has 1 aromatic heterocycles. The van der Waals surface area contributed by atoms with Gasteiger partial charge in [0.15, 0.2) is 0 Å². The highest BCUT2D eigenvalue weighted by molar-refractivity contribution is 7.99. The number of hydrogen-bond donors (Lipinski definition) is 0. The number of hydrogen-bond acceptors (Lipinski definition) is 7. The van der Waals surface area contributed by atoms with Crippen molar-refractivity contribution < 1.29 is 9.21 Å². The lowest BCUT2D eigenvalue weighted by Crippen LogP contribution is -2.34. The molecule has 0 radical (unpaired) electrons. The smallest absolute Gasteiger partial charge is 0.277 e. The lowest BCUT2D eigenvalue weighted by atomic mass is 10.2. The van der Waals surface area contributed by atoms with Crippen LogP contribution in [0.3, 0.4) is 0 Å². The highest BCUT2D eigenvalue weighted by Crippen LogP contribution is 2.24. The Balaban J connectivity index is 1.93. The van der Waals surface area contributed by atoms with Crippen LogP contribution in [0.15, 0.2) is 33.9 Å². The van der Waals surface area contributed by atoms with Gasteiger partial charge in [-0.2, -0.15) is 10.5 Å². The third-order valence-electron chi connectivity index (χ3n) is 3.16. The second-order valence-corrected chi connectivity index (χ2v) is 6.23. The molecule has 1 aromatic carbocycles. The molecule has 0 aliphatic rings. The summed E-state index contributed by atoms with van der Waals surface area (Å²) in [6, 6.07) is 11.0. The second kappa shape index (κ2) is 9.67. The topological polar surface area (TPSA) is 107 Å². The lowest BCUT2D eigenvalue weighted by molar-refractivity contribution is -0.128. The number of nitriles is 2. The van der Waals surface area contributed by atoms with E-state index >= 15 is 0 Å². The van der Waals surface area contributed by atoms with Crippen molar-refractivity contribution in [3.05, 3.63) is 29.3 Å². The third-order valence-corrected chi connectivity index (χ3v) is 4.21. The first kappa shape index (κ1) is 18.8. The monoisotopic (exact) mass is 375 g/mol. The van der Waals surface area contributed by atoms with E-state index < -0.39 is 0 Å². The number of amides is 1. The van der Waals surface area contributed by atoms with E-state index in [-0.39, 0.29) is 29.7 Å². The number of rotatable bonds is 8. The third kappa shape index (κ3) is 5.79. The van der Waals surface area contributed by atoms with Crippen molar-refractivity contribution in [2.75, 3.05) is 18.8 Å². The van der Waals surface area contributed by atoms with Crippen LogP contribution in [-0.2, 0) is 4.79 Å². The quantitative estimate of drug-likeness (QED) is 0.652. The molecule has 2 aromatic rings. The van der Waals surface area contributed by atoms with Crippen LogP contribution in [0.2, 0.25) is 5.02 Å². The molecule has 0 aliphatic carbocycles. The summed E-state index contributed by atoms with van der Waals surface area (Å²) in [7, 11) is 0. The normalized spacial score (nSPS) is 10.0. The molecule has 1 heterocycles. The van der Waals surface area contributed by atoms with Crippen LogP contribution in [0, 0.1) is 22.7 Å². The summed E-state index contributed by atoms with van der Waals surface area (Å²) in [5.74, 6) is 0.262. The number of halogens is 1. The van der Waals surface area contributed by atoms with Crippen LogP contribution in [0.1, 0.15) is 12.8 Å². The fraction of sp³-hybridized carbons (Fsp3) is 0.312. The Labute approximate surface area is 154 Å². The molecule has 1 amide bonds.